The van der Waals surface area contributed by atoms with E-state index in [1.54, 1.807) is 0 Å². The Labute approximate surface area is 97.3 Å². The monoisotopic (exact) mass is 233 g/mol. The van der Waals surface area contributed by atoms with E-state index in [2.05, 4.69) is 22.2 Å². The van der Waals surface area contributed by atoms with E-state index in [0.717, 1.165) is 25.7 Å². The smallest absolute Gasteiger partial charge is 0.0869 e. The fraction of sp³-hybridized carbons (Fsp3) is 1.00. The third kappa shape index (κ3) is 2.01. The Morgan fingerprint density at radius 3 is 2.67 bits per heavy atom. The second-order valence-corrected chi connectivity index (χ2v) is 4.72. The van der Waals surface area contributed by atoms with Gasteiger partial charge >= 0.3 is 0 Å². The number of hydrogen-bond donors (Lipinski definition) is 1. The van der Waals surface area contributed by atoms with Crippen LogP contribution >= 0.6 is 12.4 Å². The zero-order chi connectivity index (χ0) is 9.54. The molecule has 0 bridgehead atoms. The van der Waals surface area contributed by atoms with Gasteiger partial charge in [-0.25, -0.2) is 0 Å². The summed E-state index contributed by atoms with van der Waals surface area (Å²) in [6.07, 6.45) is 0.467. The van der Waals surface area contributed by atoms with Crippen LogP contribution in [0.1, 0.15) is 0 Å². The summed E-state index contributed by atoms with van der Waals surface area (Å²) >= 11 is 0. The average Bonchev–Trinajstić information content (AvgIpc) is 2.46. The van der Waals surface area contributed by atoms with E-state index >= 15 is 0 Å². The summed E-state index contributed by atoms with van der Waals surface area (Å²) in [5.74, 6) is 0. The number of rotatable bonds is 1. The lowest BCUT2D eigenvalue weighted by atomic mass is 10.1. The molecule has 3 heterocycles. The summed E-state index contributed by atoms with van der Waals surface area (Å²) in [5, 5.41) is 3.33. The predicted octanol–water partition coefficient (Wildman–Crippen LogP) is -0.605. The number of likely N-dealkylation sites (tertiary alicyclic amines) is 1. The number of likely N-dealkylation sites (N-methyl/N-ethyl adjacent to an activating group) is 1. The van der Waals surface area contributed by atoms with Crippen LogP contribution in [0.15, 0.2) is 0 Å². The van der Waals surface area contributed by atoms with Crippen LogP contribution in [0, 0.1) is 0 Å². The highest BCUT2D eigenvalue weighted by Crippen LogP contribution is 2.24. The molecule has 2 unspecified atom stereocenters. The summed E-state index contributed by atoms with van der Waals surface area (Å²) in [6.45, 7) is 6.69. The Morgan fingerprint density at radius 2 is 2.07 bits per heavy atom. The molecule has 3 rings (SSSR count). The van der Waals surface area contributed by atoms with Gasteiger partial charge in [0.25, 0.3) is 0 Å². The van der Waals surface area contributed by atoms with Gasteiger partial charge in [0, 0.05) is 44.8 Å². The summed E-state index contributed by atoms with van der Waals surface area (Å²) in [6, 6.07) is 1.42. The first-order chi connectivity index (χ1) is 6.84. The number of nitrogens with zero attached hydrogens (tertiary/aromatic N) is 2. The maximum atomic E-state index is 5.82. The molecule has 2 atom stereocenters. The quantitative estimate of drug-likeness (QED) is 0.655. The molecule has 0 aromatic heterocycles. The van der Waals surface area contributed by atoms with E-state index in [0.29, 0.717) is 12.1 Å². The maximum Gasteiger partial charge on any atom is 0.0869 e. The second-order valence-electron chi connectivity index (χ2n) is 4.72. The highest BCUT2D eigenvalue weighted by atomic mass is 35.5. The molecule has 0 aliphatic carbocycles. The van der Waals surface area contributed by atoms with Crippen molar-refractivity contribution < 1.29 is 4.74 Å². The molecule has 88 valence electrons. The van der Waals surface area contributed by atoms with Gasteiger partial charge in [0.05, 0.1) is 12.7 Å². The molecule has 3 aliphatic heterocycles. The molecular weight excluding hydrogens is 214 g/mol. The molecule has 0 spiro atoms. The molecule has 0 aromatic rings. The van der Waals surface area contributed by atoms with Crippen LogP contribution in [0.2, 0.25) is 0 Å². The number of hydrogen-bond acceptors (Lipinski definition) is 4. The van der Waals surface area contributed by atoms with Crippen molar-refractivity contribution in [1.82, 2.24) is 15.1 Å². The number of ether oxygens (including phenoxy) is 1. The molecule has 0 amide bonds. The van der Waals surface area contributed by atoms with Gasteiger partial charge in [-0.1, -0.05) is 0 Å². The summed E-state index contributed by atoms with van der Waals surface area (Å²) in [4.78, 5) is 5.05. The molecule has 3 saturated heterocycles. The van der Waals surface area contributed by atoms with Crippen molar-refractivity contribution in [3.8, 4) is 0 Å². The zero-order valence-corrected chi connectivity index (χ0v) is 10.0. The maximum absolute atomic E-state index is 5.82. The van der Waals surface area contributed by atoms with Gasteiger partial charge in [-0.15, -0.1) is 12.4 Å². The predicted molar refractivity (Wildman–Crippen MR) is 61.6 cm³/mol. The van der Waals surface area contributed by atoms with Gasteiger partial charge in [-0.2, -0.15) is 0 Å². The lowest BCUT2D eigenvalue weighted by Gasteiger charge is -2.36. The Bertz CT molecular complexity index is 225. The Balaban J connectivity index is 0.000000853. The highest BCUT2D eigenvalue weighted by Gasteiger charge is 2.41. The molecule has 0 radical (unpaired) electrons. The number of morpholine rings is 1. The van der Waals surface area contributed by atoms with Crippen LogP contribution in [0.4, 0.5) is 0 Å². The van der Waals surface area contributed by atoms with Crippen molar-refractivity contribution in [1.29, 1.82) is 0 Å². The highest BCUT2D eigenvalue weighted by molar-refractivity contribution is 5.85. The van der Waals surface area contributed by atoms with Crippen molar-refractivity contribution in [3.63, 3.8) is 0 Å². The Kier molecular flexibility index (Phi) is 3.52. The Morgan fingerprint density at radius 1 is 1.27 bits per heavy atom. The topological polar surface area (TPSA) is 27.7 Å². The number of nitrogens with one attached hydrogen (secondary N) is 1. The van der Waals surface area contributed by atoms with Crippen molar-refractivity contribution in [3.05, 3.63) is 0 Å². The van der Waals surface area contributed by atoms with Crippen molar-refractivity contribution >= 4 is 12.4 Å². The van der Waals surface area contributed by atoms with Crippen LogP contribution < -0.4 is 5.32 Å². The number of fused-ring (bicyclic) bond motifs is 1. The first kappa shape index (κ1) is 11.6. The fourth-order valence-electron chi connectivity index (χ4n) is 2.72. The van der Waals surface area contributed by atoms with E-state index in [9.17, 15) is 0 Å². The van der Waals surface area contributed by atoms with E-state index in [1.165, 1.54) is 19.6 Å². The summed E-state index contributed by atoms with van der Waals surface area (Å²) in [7, 11) is 2.22. The average molecular weight is 234 g/mol. The van der Waals surface area contributed by atoms with Gasteiger partial charge in [-0.3, -0.25) is 9.80 Å². The molecular formula is C10H20ClN3O. The molecule has 1 N–H and O–H groups in total. The van der Waals surface area contributed by atoms with Crippen molar-refractivity contribution in [2.75, 3.05) is 46.4 Å². The minimum absolute atomic E-state index is 0. The normalized spacial score (nSPS) is 38.2. The molecule has 3 aliphatic rings. The molecule has 4 nitrogen and oxygen atoms in total. The van der Waals surface area contributed by atoms with Gasteiger partial charge in [-0.05, 0) is 7.05 Å². The first-order valence-corrected chi connectivity index (χ1v) is 5.61. The van der Waals surface area contributed by atoms with Crippen LogP contribution in [0.25, 0.3) is 0 Å². The lowest BCUT2D eigenvalue weighted by molar-refractivity contribution is -0.0373. The number of halogens is 1. The summed E-state index contributed by atoms with van der Waals surface area (Å²) < 4.78 is 5.82. The van der Waals surface area contributed by atoms with E-state index in [1.807, 2.05) is 0 Å². The second kappa shape index (κ2) is 4.55. The van der Waals surface area contributed by atoms with Gasteiger partial charge in [0.2, 0.25) is 0 Å². The molecule has 15 heavy (non-hydrogen) atoms. The zero-order valence-electron chi connectivity index (χ0n) is 9.19. The molecule has 0 aromatic carbocycles. The largest absolute Gasteiger partial charge is 0.374 e. The van der Waals surface area contributed by atoms with Gasteiger partial charge < -0.3 is 10.1 Å². The van der Waals surface area contributed by atoms with E-state index in [-0.39, 0.29) is 12.4 Å². The third-order valence-corrected chi connectivity index (χ3v) is 3.88. The van der Waals surface area contributed by atoms with Crippen LogP contribution in [0.3, 0.4) is 0 Å². The molecule has 3 fully saturated rings. The molecule has 5 heteroatoms. The minimum atomic E-state index is 0. The van der Waals surface area contributed by atoms with Crippen molar-refractivity contribution in [2.24, 2.45) is 0 Å². The standard InChI is InChI=1S/C10H19N3O.ClH/c1-12-2-3-14-10-7-13(6-9(10)12)8-4-11-5-8;/h8-11H,2-7H2,1H3;1H. The van der Waals surface area contributed by atoms with Crippen LogP contribution in [0.5, 0.6) is 0 Å². The lowest BCUT2D eigenvalue weighted by Crippen LogP contribution is -2.56. The van der Waals surface area contributed by atoms with Gasteiger partial charge in [0.1, 0.15) is 0 Å². The first-order valence-electron chi connectivity index (χ1n) is 5.61. The fourth-order valence-corrected chi connectivity index (χ4v) is 2.72. The van der Waals surface area contributed by atoms with Gasteiger partial charge in [0.15, 0.2) is 0 Å². The third-order valence-electron chi connectivity index (χ3n) is 3.88. The van der Waals surface area contributed by atoms with Crippen LogP contribution in [-0.2, 0) is 4.74 Å². The van der Waals surface area contributed by atoms with E-state index < -0.39 is 0 Å². The van der Waals surface area contributed by atoms with E-state index in [4.69, 9.17) is 4.74 Å². The SMILES string of the molecule is CN1CCOC2CN(C3CNC3)CC21.Cl. The summed E-state index contributed by atoms with van der Waals surface area (Å²) in [5.41, 5.74) is 0. The Hall–Kier alpha value is 0.130. The van der Waals surface area contributed by atoms with Crippen molar-refractivity contribution in [2.45, 2.75) is 18.2 Å². The van der Waals surface area contributed by atoms with Crippen LogP contribution in [-0.4, -0.2) is 74.4 Å². The minimum Gasteiger partial charge on any atom is -0.374 e. The molecule has 0 saturated carbocycles.